The predicted molar refractivity (Wildman–Crippen MR) is 104 cm³/mol. The minimum atomic E-state index is 0.323. The molecule has 1 saturated heterocycles. The standard InChI is InChI=1S/C21H29ClN2O/c1-16-5-3-7-18(13-16)19-15-23-21(14-20(19)22)25-12-4-6-17-8-10-24(2)11-9-17/h3,5,13-15,17-18H,4,6-12H2,1-2H3. The van der Waals surface area contributed by atoms with E-state index in [2.05, 4.69) is 42.1 Å². The molecule has 2 aliphatic rings. The number of ether oxygens (including phenoxy) is 1. The number of halogens is 1. The molecule has 1 unspecified atom stereocenters. The summed E-state index contributed by atoms with van der Waals surface area (Å²) in [4.78, 5) is 6.88. The lowest BCUT2D eigenvalue weighted by Gasteiger charge is -2.28. The lowest BCUT2D eigenvalue weighted by Crippen LogP contribution is -2.30. The van der Waals surface area contributed by atoms with Gasteiger partial charge in [0, 0.05) is 18.2 Å². The number of rotatable bonds is 6. The lowest BCUT2D eigenvalue weighted by molar-refractivity contribution is 0.199. The van der Waals surface area contributed by atoms with E-state index in [1.54, 1.807) is 0 Å². The van der Waals surface area contributed by atoms with Gasteiger partial charge in [0.05, 0.1) is 11.6 Å². The Bertz CT molecular complexity index is 633. The molecule has 1 aromatic heterocycles. The molecule has 1 atom stereocenters. The Labute approximate surface area is 156 Å². The van der Waals surface area contributed by atoms with Gasteiger partial charge in [-0.1, -0.05) is 35.4 Å². The van der Waals surface area contributed by atoms with Crippen LogP contribution in [0.25, 0.3) is 0 Å². The third kappa shape index (κ3) is 5.32. The molecule has 1 fully saturated rings. The number of hydrogen-bond acceptors (Lipinski definition) is 3. The lowest BCUT2D eigenvalue weighted by atomic mass is 9.91. The van der Waals surface area contributed by atoms with Gasteiger partial charge in [-0.25, -0.2) is 4.98 Å². The molecule has 25 heavy (non-hydrogen) atoms. The van der Waals surface area contributed by atoms with Crippen LogP contribution in [-0.4, -0.2) is 36.6 Å². The molecule has 4 heteroatoms. The Morgan fingerprint density at radius 1 is 1.32 bits per heavy atom. The zero-order chi connectivity index (χ0) is 17.6. The summed E-state index contributed by atoms with van der Waals surface area (Å²) in [7, 11) is 2.21. The molecule has 0 N–H and O–H groups in total. The van der Waals surface area contributed by atoms with Crippen molar-refractivity contribution in [2.24, 2.45) is 5.92 Å². The number of allylic oxidation sites excluding steroid dienone is 4. The van der Waals surface area contributed by atoms with Gasteiger partial charge in [-0.15, -0.1) is 0 Å². The maximum atomic E-state index is 6.48. The van der Waals surface area contributed by atoms with Crippen LogP contribution in [-0.2, 0) is 0 Å². The number of pyridine rings is 1. The second-order valence-electron chi connectivity index (χ2n) is 7.44. The molecule has 3 rings (SSSR count). The van der Waals surface area contributed by atoms with Crippen molar-refractivity contribution >= 4 is 11.6 Å². The first-order valence-corrected chi connectivity index (χ1v) is 9.81. The van der Waals surface area contributed by atoms with Crippen molar-refractivity contribution in [2.75, 3.05) is 26.7 Å². The van der Waals surface area contributed by atoms with Crippen LogP contribution in [0.4, 0.5) is 0 Å². The highest BCUT2D eigenvalue weighted by Gasteiger charge is 2.17. The van der Waals surface area contributed by atoms with E-state index in [0.29, 0.717) is 11.8 Å². The van der Waals surface area contributed by atoms with Gasteiger partial charge in [-0.05, 0) is 70.6 Å². The Morgan fingerprint density at radius 3 is 2.84 bits per heavy atom. The zero-order valence-electron chi connectivity index (χ0n) is 15.4. The number of nitrogens with zero attached hydrogens (tertiary/aromatic N) is 2. The zero-order valence-corrected chi connectivity index (χ0v) is 16.1. The van der Waals surface area contributed by atoms with Crippen LogP contribution in [0, 0.1) is 5.92 Å². The van der Waals surface area contributed by atoms with Gasteiger partial charge in [-0.2, -0.15) is 0 Å². The Kier molecular flexibility index (Phi) is 6.55. The van der Waals surface area contributed by atoms with E-state index in [1.165, 1.54) is 37.9 Å². The second-order valence-corrected chi connectivity index (χ2v) is 7.84. The Morgan fingerprint density at radius 2 is 2.12 bits per heavy atom. The first kappa shape index (κ1) is 18.5. The van der Waals surface area contributed by atoms with Crippen LogP contribution in [0.1, 0.15) is 50.5 Å². The third-order valence-electron chi connectivity index (χ3n) is 5.34. The molecule has 0 radical (unpaired) electrons. The first-order chi connectivity index (χ1) is 12.1. The van der Waals surface area contributed by atoms with Gasteiger partial charge >= 0.3 is 0 Å². The molecule has 3 nitrogen and oxygen atoms in total. The summed E-state index contributed by atoms with van der Waals surface area (Å²) in [6, 6.07) is 1.87. The highest BCUT2D eigenvalue weighted by molar-refractivity contribution is 6.31. The summed E-state index contributed by atoms with van der Waals surface area (Å²) in [5, 5.41) is 0.754. The Hall–Kier alpha value is -1.32. The first-order valence-electron chi connectivity index (χ1n) is 9.43. The van der Waals surface area contributed by atoms with Gasteiger partial charge < -0.3 is 9.64 Å². The smallest absolute Gasteiger partial charge is 0.214 e. The van der Waals surface area contributed by atoms with Crippen LogP contribution in [0.15, 0.2) is 36.1 Å². The maximum Gasteiger partial charge on any atom is 0.214 e. The summed E-state index contributed by atoms with van der Waals surface area (Å²) in [5.74, 6) is 1.82. The molecule has 136 valence electrons. The van der Waals surface area contributed by atoms with E-state index >= 15 is 0 Å². The molecular weight excluding hydrogens is 332 g/mol. The van der Waals surface area contributed by atoms with Crippen LogP contribution >= 0.6 is 11.6 Å². The van der Waals surface area contributed by atoms with Crippen LogP contribution in [0.2, 0.25) is 5.02 Å². The summed E-state index contributed by atoms with van der Waals surface area (Å²) in [5.41, 5.74) is 2.37. The summed E-state index contributed by atoms with van der Waals surface area (Å²) >= 11 is 6.48. The van der Waals surface area contributed by atoms with E-state index in [9.17, 15) is 0 Å². The fraction of sp³-hybridized carbons (Fsp3) is 0.571. The van der Waals surface area contributed by atoms with E-state index in [4.69, 9.17) is 16.3 Å². The van der Waals surface area contributed by atoms with Crippen molar-refractivity contribution in [2.45, 2.75) is 44.9 Å². The second kappa shape index (κ2) is 8.86. The fourth-order valence-corrected chi connectivity index (χ4v) is 4.02. The molecule has 1 aromatic rings. The van der Waals surface area contributed by atoms with Crippen LogP contribution in [0.5, 0.6) is 5.88 Å². The highest BCUT2D eigenvalue weighted by atomic mass is 35.5. The molecule has 0 saturated carbocycles. The molecule has 2 heterocycles. The van der Waals surface area contributed by atoms with Crippen molar-refractivity contribution in [3.8, 4) is 5.88 Å². The number of piperidine rings is 1. The predicted octanol–water partition coefficient (Wildman–Crippen LogP) is 5.23. The van der Waals surface area contributed by atoms with Crippen molar-refractivity contribution < 1.29 is 4.74 Å². The quantitative estimate of drug-likeness (QED) is 0.650. The summed E-state index contributed by atoms with van der Waals surface area (Å²) in [6.45, 7) is 5.30. The monoisotopic (exact) mass is 360 g/mol. The molecule has 0 spiro atoms. The number of hydrogen-bond donors (Lipinski definition) is 0. The number of aromatic nitrogens is 1. The maximum absolute atomic E-state index is 6.48. The molecule has 0 aromatic carbocycles. The number of likely N-dealkylation sites (tertiary alicyclic amines) is 1. The minimum Gasteiger partial charge on any atom is -0.478 e. The Balaban J connectivity index is 1.46. The van der Waals surface area contributed by atoms with Gasteiger partial charge in [0.2, 0.25) is 5.88 Å². The van der Waals surface area contributed by atoms with Crippen LogP contribution in [0.3, 0.4) is 0 Å². The molecular formula is C21H29ClN2O. The van der Waals surface area contributed by atoms with Gasteiger partial charge in [0.1, 0.15) is 0 Å². The van der Waals surface area contributed by atoms with E-state index in [1.807, 2.05) is 12.3 Å². The van der Waals surface area contributed by atoms with E-state index in [0.717, 1.165) is 36.0 Å². The van der Waals surface area contributed by atoms with Gasteiger partial charge in [0.15, 0.2) is 0 Å². The largest absolute Gasteiger partial charge is 0.478 e. The average molecular weight is 361 g/mol. The van der Waals surface area contributed by atoms with E-state index in [-0.39, 0.29) is 0 Å². The van der Waals surface area contributed by atoms with Gasteiger partial charge in [-0.3, -0.25) is 0 Å². The van der Waals surface area contributed by atoms with Crippen molar-refractivity contribution in [1.82, 2.24) is 9.88 Å². The summed E-state index contributed by atoms with van der Waals surface area (Å²) < 4.78 is 5.83. The fourth-order valence-electron chi connectivity index (χ4n) is 3.73. The summed E-state index contributed by atoms with van der Waals surface area (Å²) in [6.07, 6.45) is 14.4. The minimum absolute atomic E-state index is 0.323. The van der Waals surface area contributed by atoms with Crippen LogP contribution < -0.4 is 4.74 Å². The van der Waals surface area contributed by atoms with Crippen molar-refractivity contribution in [3.05, 3.63) is 46.7 Å². The SMILES string of the molecule is CC1=CC(c2cnc(OCCCC3CCN(C)CC3)cc2Cl)CC=C1. The van der Waals surface area contributed by atoms with E-state index < -0.39 is 0 Å². The third-order valence-corrected chi connectivity index (χ3v) is 5.66. The van der Waals surface area contributed by atoms with Gasteiger partial charge in [0.25, 0.3) is 0 Å². The topological polar surface area (TPSA) is 25.4 Å². The molecule has 1 aliphatic heterocycles. The van der Waals surface area contributed by atoms with Crippen molar-refractivity contribution in [3.63, 3.8) is 0 Å². The van der Waals surface area contributed by atoms with Crippen molar-refractivity contribution in [1.29, 1.82) is 0 Å². The molecule has 0 bridgehead atoms. The molecule has 1 aliphatic carbocycles. The normalized spacial score (nSPS) is 22.0. The average Bonchev–Trinajstić information content (AvgIpc) is 2.60. The molecule has 0 amide bonds. The highest BCUT2D eigenvalue weighted by Crippen LogP contribution is 2.33.